The minimum absolute atomic E-state index is 0.00286. The van der Waals surface area contributed by atoms with Crippen LogP contribution in [-0.4, -0.2) is 46.8 Å². The molecule has 2 fully saturated rings. The van der Waals surface area contributed by atoms with Crippen LogP contribution in [0.1, 0.15) is 76.8 Å². The van der Waals surface area contributed by atoms with Gasteiger partial charge in [-0.05, 0) is 79.6 Å². The maximum Gasteiger partial charge on any atom is 0.261 e. The molecule has 9 nitrogen and oxygen atoms in total. The van der Waals surface area contributed by atoms with Crippen molar-refractivity contribution in [1.82, 2.24) is 35.2 Å². The van der Waals surface area contributed by atoms with E-state index >= 15 is 0 Å². The first-order valence-corrected chi connectivity index (χ1v) is 15.7. The number of aryl methyl sites for hydroxylation is 1. The lowest BCUT2D eigenvalue weighted by Gasteiger charge is -2.33. The van der Waals surface area contributed by atoms with Gasteiger partial charge >= 0.3 is 0 Å². The zero-order chi connectivity index (χ0) is 30.5. The van der Waals surface area contributed by atoms with Crippen LogP contribution in [0.2, 0.25) is 0 Å². The maximum atomic E-state index is 14.2. The third-order valence-corrected chi connectivity index (χ3v) is 9.46. The van der Waals surface area contributed by atoms with E-state index in [9.17, 15) is 4.79 Å². The first-order chi connectivity index (χ1) is 21.3. The zero-order valence-corrected chi connectivity index (χ0v) is 25.9. The minimum atomic E-state index is -0.470. The molecule has 0 bridgehead atoms. The first kappa shape index (κ1) is 28.6. The van der Waals surface area contributed by atoms with Gasteiger partial charge in [0.25, 0.3) is 5.56 Å². The monoisotopic (exact) mass is 589 g/mol. The van der Waals surface area contributed by atoms with Gasteiger partial charge in [-0.3, -0.25) is 14.2 Å². The summed E-state index contributed by atoms with van der Waals surface area (Å²) in [6, 6.07) is 22.9. The number of rotatable bonds is 8. The number of benzene rings is 3. The van der Waals surface area contributed by atoms with Crippen molar-refractivity contribution in [2.45, 2.75) is 89.9 Å². The van der Waals surface area contributed by atoms with Crippen LogP contribution in [0.5, 0.6) is 0 Å². The van der Waals surface area contributed by atoms with Crippen molar-refractivity contribution in [2.24, 2.45) is 0 Å². The topological polar surface area (TPSA) is 102 Å². The molecule has 0 unspecified atom stereocenters. The van der Waals surface area contributed by atoms with Crippen LogP contribution in [0.4, 0.5) is 0 Å². The van der Waals surface area contributed by atoms with Gasteiger partial charge in [-0.2, -0.15) is 10.3 Å². The fraction of sp³-hybridized carbons (Fsp3) is 0.400. The smallest absolute Gasteiger partial charge is 0.261 e. The van der Waals surface area contributed by atoms with Gasteiger partial charge in [0.2, 0.25) is 5.82 Å². The van der Waals surface area contributed by atoms with E-state index in [1.807, 2.05) is 34.9 Å². The van der Waals surface area contributed by atoms with Crippen molar-refractivity contribution in [3.63, 3.8) is 0 Å². The highest BCUT2D eigenvalue weighted by Gasteiger charge is 2.52. The summed E-state index contributed by atoms with van der Waals surface area (Å²) in [6.07, 6.45) is 5.94. The molecule has 9 heteroatoms. The van der Waals surface area contributed by atoms with Crippen LogP contribution in [0.15, 0.2) is 71.5 Å². The average Bonchev–Trinajstić information content (AvgIpc) is 3.76. The Labute approximate surface area is 257 Å². The highest BCUT2D eigenvalue weighted by molar-refractivity contribution is 5.80. The summed E-state index contributed by atoms with van der Waals surface area (Å²) < 4.78 is 1.86. The molecule has 3 aromatic carbocycles. The molecule has 2 aliphatic heterocycles. The summed E-state index contributed by atoms with van der Waals surface area (Å²) in [5, 5.41) is 17.4. The molecule has 0 spiro atoms. The fourth-order valence-electron chi connectivity index (χ4n) is 6.96. The number of nitrogens with one attached hydrogen (secondary N) is 1. The van der Waals surface area contributed by atoms with Crippen molar-refractivity contribution in [3.05, 3.63) is 94.0 Å². The average molecular weight is 590 g/mol. The zero-order valence-electron chi connectivity index (χ0n) is 25.9. The molecule has 2 atom stereocenters. The lowest BCUT2D eigenvalue weighted by molar-refractivity contribution is -0.234. The van der Waals surface area contributed by atoms with Gasteiger partial charge in [0.15, 0.2) is 0 Å². The number of hydrogen-bond donors (Lipinski definition) is 1. The molecule has 2 saturated heterocycles. The number of hydrogen-bond acceptors (Lipinski definition) is 7. The van der Waals surface area contributed by atoms with Crippen molar-refractivity contribution >= 4 is 10.9 Å². The van der Waals surface area contributed by atoms with Crippen LogP contribution < -0.4 is 5.56 Å². The number of unbranched alkanes of at least 4 members (excludes halogenated alkanes) is 1. The van der Waals surface area contributed by atoms with E-state index in [2.05, 4.69) is 89.8 Å². The fourth-order valence-corrected chi connectivity index (χ4v) is 6.96. The van der Waals surface area contributed by atoms with Crippen LogP contribution in [0, 0.1) is 0 Å². The van der Waals surface area contributed by atoms with E-state index in [-0.39, 0.29) is 11.1 Å². The largest absolute Gasteiger partial charge is 0.292 e. The summed E-state index contributed by atoms with van der Waals surface area (Å²) in [5.41, 5.74) is 5.34. The maximum absolute atomic E-state index is 14.2. The molecule has 7 rings (SSSR count). The van der Waals surface area contributed by atoms with Gasteiger partial charge in [0, 0.05) is 30.0 Å². The Morgan fingerprint density at radius 3 is 2.55 bits per heavy atom. The highest BCUT2D eigenvalue weighted by atomic mass is 16.7. The third kappa shape index (κ3) is 5.04. The predicted molar refractivity (Wildman–Crippen MR) is 171 cm³/mol. The second-order valence-corrected chi connectivity index (χ2v) is 13.1. The Bertz CT molecular complexity index is 1860. The minimum Gasteiger partial charge on any atom is -0.292 e. The van der Waals surface area contributed by atoms with Crippen molar-refractivity contribution in [3.8, 4) is 22.5 Å². The number of aromatic nitrogens is 6. The van der Waals surface area contributed by atoms with Gasteiger partial charge in [0.1, 0.15) is 11.4 Å². The van der Waals surface area contributed by atoms with Crippen molar-refractivity contribution in [1.29, 1.82) is 0 Å². The van der Waals surface area contributed by atoms with Gasteiger partial charge < -0.3 is 0 Å². The van der Waals surface area contributed by atoms with E-state index in [0.717, 1.165) is 77.7 Å². The van der Waals surface area contributed by atoms with Gasteiger partial charge in [-0.15, -0.1) is 10.2 Å². The molecule has 0 amide bonds. The van der Waals surface area contributed by atoms with Crippen LogP contribution >= 0.6 is 0 Å². The lowest BCUT2D eigenvalue weighted by atomic mass is 9.88. The van der Waals surface area contributed by atoms with E-state index < -0.39 is 5.60 Å². The SMILES string of the molecule is CCCCc1nc2ccc([C@@]3(C)C[C@H]4CCC(C)(C)N4O3)cc2c(=O)n1Cc1ccc(-c2ccccc2-c2nn[nH]n2)cc1. The number of aromatic amines is 1. The Morgan fingerprint density at radius 1 is 1.02 bits per heavy atom. The molecule has 1 N–H and O–H groups in total. The standard InChI is InChI=1S/C35H39N7O2/c1-5-6-11-31-36-30-17-16-25(35(4)21-26-18-19-34(2,3)42(26)44-35)20-29(30)33(43)41(31)22-23-12-14-24(15-13-23)27-9-7-8-10-28(27)32-37-39-40-38-32/h7-10,12-17,20,26H,5-6,11,18-19,21-22H2,1-4H3,(H,37,38,39,40)/t26-,35-/m1/s1. The number of fused-ring (bicyclic) bond motifs is 2. The van der Waals surface area contributed by atoms with Gasteiger partial charge in [-0.25, -0.2) is 4.98 Å². The molecule has 0 aliphatic carbocycles. The second-order valence-electron chi connectivity index (χ2n) is 13.1. The molecular formula is C35H39N7O2. The van der Waals surface area contributed by atoms with Crippen LogP contribution in [0.25, 0.3) is 33.4 Å². The highest BCUT2D eigenvalue weighted by Crippen LogP contribution is 2.49. The quantitative estimate of drug-likeness (QED) is 0.223. The first-order valence-electron chi connectivity index (χ1n) is 15.7. The molecule has 226 valence electrons. The Kier molecular flexibility index (Phi) is 7.17. The van der Waals surface area contributed by atoms with E-state index in [1.54, 1.807) is 0 Å². The Morgan fingerprint density at radius 2 is 1.82 bits per heavy atom. The molecule has 2 aromatic heterocycles. The number of hydroxylamine groups is 2. The molecular weight excluding hydrogens is 550 g/mol. The number of H-pyrrole nitrogens is 1. The normalized spacial score (nSPS) is 21.2. The third-order valence-electron chi connectivity index (χ3n) is 9.46. The number of nitrogens with zero attached hydrogens (tertiary/aromatic N) is 6. The molecule has 0 radical (unpaired) electrons. The predicted octanol–water partition coefficient (Wildman–Crippen LogP) is 6.43. The molecule has 44 heavy (non-hydrogen) atoms. The van der Waals surface area contributed by atoms with E-state index in [0.29, 0.717) is 23.8 Å². The Balaban J connectivity index is 1.22. The van der Waals surface area contributed by atoms with Crippen LogP contribution in [0.3, 0.4) is 0 Å². The van der Waals surface area contributed by atoms with Crippen molar-refractivity contribution < 1.29 is 4.84 Å². The Hall–Kier alpha value is -4.21. The summed E-state index contributed by atoms with van der Waals surface area (Å²) >= 11 is 0. The molecule has 4 heterocycles. The second kappa shape index (κ2) is 11.1. The van der Waals surface area contributed by atoms with E-state index in [1.165, 1.54) is 0 Å². The summed E-state index contributed by atoms with van der Waals surface area (Å²) in [6.45, 7) is 9.27. The van der Waals surface area contributed by atoms with Gasteiger partial charge in [0.05, 0.1) is 17.4 Å². The summed E-state index contributed by atoms with van der Waals surface area (Å²) in [7, 11) is 0. The lowest BCUT2D eigenvalue weighted by Crippen LogP contribution is -2.39. The molecule has 0 saturated carbocycles. The van der Waals surface area contributed by atoms with Crippen molar-refractivity contribution in [2.75, 3.05) is 0 Å². The van der Waals surface area contributed by atoms with Gasteiger partial charge in [-0.1, -0.05) is 67.9 Å². The van der Waals surface area contributed by atoms with Crippen LogP contribution in [-0.2, 0) is 23.4 Å². The summed E-state index contributed by atoms with van der Waals surface area (Å²) in [4.78, 5) is 25.9. The summed E-state index contributed by atoms with van der Waals surface area (Å²) in [5.74, 6) is 1.38. The number of tetrazole rings is 1. The van der Waals surface area contributed by atoms with E-state index in [4.69, 9.17) is 9.82 Å². The molecule has 5 aromatic rings. The molecule has 2 aliphatic rings.